The van der Waals surface area contributed by atoms with Gasteiger partial charge in [0.2, 0.25) is 5.91 Å². The summed E-state index contributed by atoms with van der Waals surface area (Å²) in [5, 5.41) is 4.13. The summed E-state index contributed by atoms with van der Waals surface area (Å²) in [6.45, 7) is -0.292. The van der Waals surface area contributed by atoms with Gasteiger partial charge in [-0.1, -0.05) is 66.7 Å². The van der Waals surface area contributed by atoms with Gasteiger partial charge < -0.3 is 10.1 Å². The number of hydrogen-bond acceptors (Lipinski definition) is 5. The zero-order valence-corrected chi connectivity index (χ0v) is 20.3. The Labute approximate surface area is 216 Å². The second-order valence-corrected chi connectivity index (χ2v) is 9.29. The van der Waals surface area contributed by atoms with Gasteiger partial charge in [0.05, 0.1) is 4.91 Å². The fourth-order valence-electron chi connectivity index (χ4n) is 3.89. The summed E-state index contributed by atoms with van der Waals surface area (Å²) in [6.07, 6.45) is 1.59. The Balaban J connectivity index is 1.22. The molecule has 184 valence electrons. The third-order valence-corrected chi connectivity index (χ3v) is 6.68. The Kier molecular flexibility index (Phi) is 7.00. The molecule has 1 aliphatic heterocycles. The quantitative estimate of drug-likeness (QED) is 0.297. The first-order valence-corrected chi connectivity index (χ1v) is 12.3. The number of rotatable bonds is 7. The molecule has 0 saturated carbocycles. The van der Waals surface area contributed by atoms with E-state index >= 15 is 0 Å². The number of imide groups is 1. The van der Waals surface area contributed by atoms with Crippen molar-refractivity contribution in [2.75, 3.05) is 11.9 Å². The molecule has 5 rings (SSSR count). The molecule has 4 aromatic rings. The SMILES string of the molecule is O=C(CN1C(=O)S/C(=C/c2ccc(OCc3ccccc3F)cc2)C1=O)Nc1cccc2ccccc12. The Morgan fingerprint density at radius 2 is 1.65 bits per heavy atom. The highest BCUT2D eigenvalue weighted by molar-refractivity contribution is 8.18. The normalized spacial score (nSPS) is 14.4. The molecule has 0 aliphatic carbocycles. The van der Waals surface area contributed by atoms with E-state index in [0.717, 1.165) is 27.4 Å². The van der Waals surface area contributed by atoms with Crippen molar-refractivity contribution < 1.29 is 23.5 Å². The minimum Gasteiger partial charge on any atom is -0.489 e. The lowest BCUT2D eigenvalue weighted by Crippen LogP contribution is -2.36. The molecule has 6 nitrogen and oxygen atoms in total. The number of carbonyl (C=O) groups is 3. The maximum atomic E-state index is 13.8. The van der Waals surface area contributed by atoms with Crippen molar-refractivity contribution in [1.29, 1.82) is 0 Å². The van der Waals surface area contributed by atoms with Crippen molar-refractivity contribution in [3.8, 4) is 5.75 Å². The summed E-state index contributed by atoms with van der Waals surface area (Å²) in [6, 6.07) is 26.4. The number of halogens is 1. The number of ether oxygens (including phenoxy) is 1. The van der Waals surface area contributed by atoms with Crippen LogP contribution in [0.5, 0.6) is 5.75 Å². The van der Waals surface area contributed by atoms with Gasteiger partial charge in [0, 0.05) is 16.6 Å². The molecule has 1 heterocycles. The Morgan fingerprint density at radius 1 is 0.919 bits per heavy atom. The maximum Gasteiger partial charge on any atom is 0.294 e. The van der Waals surface area contributed by atoms with Crippen LogP contribution in [0.2, 0.25) is 0 Å². The standard InChI is InChI=1S/C29H21FN2O4S/c30-24-10-4-2-7-21(24)18-36-22-14-12-19(13-15-22)16-26-28(34)32(29(35)37-26)17-27(33)31-25-11-5-8-20-6-1-3-9-23(20)25/h1-16H,17-18H2,(H,31,33)/b26-16+. The average molecular weight is 513 g/mol. The minimum atomic E-state index is -0.525. The van der Waals surface area contributed by atoms with Gasteiger partial charge in [0.25, 0.3) is 11.1 Å². The van der Waals surface area contributed by atoms with E-state index in [-0.39, 0.29) is 23.9 Å². The van der Waals surface area contributed by atoms with E-state index in [1.54, 1.807) is 54.6 Å². The van der Waals surface area contributed by atoms with Gasteiger partial charge in [-0.25, -0.2) is 4.39 Å². The van der Waals surface area contributed by atoms with Crippen LogP contribution in [0, 0.1) is 5.82 Å². The van der Waals surface area contributed by atoms with Crippen LogP contribution in [0.1, 0.15) is 11.1 Å². The van der Waals surface area contributed by atoms with Crippen molar-refractivity contribution in [3.05, 3.63) is 113 Å². The first-order chi connectivity index (χ1) is 18.0. The molecule has 1 aliphatic rings. The smallest absolute Gasteiger partial charge is 0.294 e. The summed E-state index contributed by atoms with van der Waals surface area (Å²) >= 11 is 0.786. The lowest BCUT2D eigenvalue weighted by atomic mass is 10.1. The molecule has 1 saturated heterocycles. The number of thioether (sulfide) groups is 1. The van der Waals surface area contributed by atoms with E-state index < -0.39 is 17.1 Å². The summed E-state index contributed by atoms with van der Waals surface area (Å²) < 4.78 is 19.4. The number of nitrogens with one attached hydrogen (secondary N) is 1. The lowest BCUT2D eigenvalue weighted by molar-refractivity contribution is -0.127. The molecular formula is C29H21FN2O4S. The molecular weight excluding hydrogens is 491 g/mol. The summed E-state index contributed by atoms with van der Waals surface area (Å²) in [7, 11) is 0. The second kappa shape index (κ2) is 10.7. The average Bonchev–Trinajstić information content (AvgIpc) is 3.16. The van der Waals surface area contributed by atoms with Crippen LogP contribution in [-0.4, -0.2) is 28.5 Å². The molecule has 0 unspecified atom stereocenters. The maximum absolute atomic E-state index is 13.8. The molecule has 1 fully saturated rings. The summed E-state index contributed by atoms with van der Waals surface area (Å²) in [5.41, 5.74) is 1.75. The van der Waals surface area contributed by atoms with E-state index in [9.17, 15) is 18.8 Å². The van der Waals surface area contributed by atoms with Gasteiger partial charge in [-0.05, 0) is 53.1 Å². The van der Waals surface area contributed by atoms with E-state index in [1.165, 1.54) is 6.07 Å². The molecule has 0 radical (unpaired) electrons. The third-order valence-electron chi connectivity index (χ3n) is 5.77. The van der Waals surface area contributed by atoms with E-state index in [0.29, 0.717) is 22.6 Å². The highest BCUT2D eigenvalue weighted by Crippen LogP contribution is 2.32. The van der Waals surface area contributed by atoms with Crippen LogP contribution in [0.4, 0.5) is 14.9 Å². The van der Waals surface area contributed by atoms with Crippen LogP contribution in [0.3, 0.4) is 0 Å². The number of fused-ring (bicyclic) bond motifs is 1. The van der Waals surface area contributed by atoms with Crippen molar-refractivity contribution in [3.63, 3.8) is 0 Å². The van der Waals surface area contributed by atoms with Crippen molar-refractivity contribution in [2.45, 2.75) is 6.61 Å². The van der Waals surface area contributed by atoms with Crippen molar-refractivity contribution in [1.82, 2.24) is 4.90 Å². The molecule has 0 spiro atoms. The van der Waals surface area contributed by atoms with Gasteiger partial charge in [0.1, 0.15) is 24.7 Å². The predicted molar refractivity (Wildman–Crippen MR) is 142 cm³/mol. The number of benzene rings is 4. The molecule has 0 aromatic heterocycles. The fraction of sp³-hybridized carbons (Fsp3) is 0.0690. The fourth-order valence-corrected chi connectivity index (χ4v) is 4.73. The van der Waals surface area contributed by atoms with Crippen LogP contribution in [0.15, 0.2) is 95.9 Å². The summed E-state index contributed by atoms with van der Waals surface area (Å²) in [4.78, 5) is 39.2. The molecule has 0 atom stereocenters. The van der Waals surface area contributed by atoms with Gasteiger partial charge >= 0.3 is 0 Å². The Bertz CT molecular complexity index is 1530. The van der Waals surface area contributed by atoms with Crippen molar-refractivity contribution >= 4 is 51.4 Å². The first-order valence-electron chi connectivity index (χ1n) is 11.5. The summed E-state index contributed by atoms with van der Waals surface area (Å²) in [5.74, 6) is -0.779. The van der Waals surface area contributed by atoms with Crippen LogP contribution >= 0.6 is 11.8 Å². The highest BCUT2D eigenvalue weighted by atomic mass is 32.2. The molecule has 0 bridgehead atoms. The molecule has 37 heavy (non-hydrogen) atoms. The Hall–Kier alpha value is -4.43. The molecule has 4 aromatic carbocycles. The topological polar surface area (TPSA) is 75.7 Å². The highest BCUT2D eigenvalue weighted by Gasteiger charge is 2.36. The number of nitrogens with zero attached hydrogens (tertiary/aromatic N) is 1. The van der Waals surface area contributed by atoms with Crippen LogP contribution in [0.25, 0.3) is 16.8 Å². The van der Waals surface area contributed by atoms with Gasteiger partial charge in [-0.15, -0.1) is 0 Å². The second-order valence-electron chi connectivity index (χ2n) is 8.29. The number of anilines is 1. The Morgan fingerprint density at radius 3 is 2.46 bits per heavy atom. The molecule has 3 amide bonds. The monoisotopic (exact) mass is 512 g/mol. The van der Waals surface area contributed by atoms with Gasteiger partial charge in [0.15, 0.2) is 0 Å². The van der Waals surface area contributed by atoms with E-state index in [2.05, 4.69) is 5.32 Å². The minimum absolute atomic E-state index is 0.0890. The van der Waals surface area contributed by atoms with Crippen LogP contribution in [-0.2, 0) is 16.2 Å². The first kappa shape index (κ1) is 24.3. The number of hydrogen-bond donors (Lipinski definition) is 1. The zero-order valence-electron chi connectivity index (χ0n) is 19.5. The van der Waals surface area contributed by atoms with Gasteiger partial charge in [-0.2, -0.15) is 0 Å². The van der Waals surface area contributed by atoms with Crippen molar-refractivity contribution in [2.24, 2.45) is 0 Å². The molecule has 1 N–H and O–H groups in total. The predicted octanol–water partition coefficient (Wildman–Crippen LogP) is 6.23. The number of amides is 3. The molecule has 8 heteroatoms. The van der Waals surface area contributed by atoms with E-state index in [1.807, 2.05) is 36.4 Å². The number of carbonyl (C=O) groups excluding carboxylic acids is 3. The third kappa shape index (κ3) is 5.54. The van der Waals surface area contributed by atoms with Crippen LogP contribution < -0.4 is 10.1 Å². The van der Waals surface area contributed by atoms with Gasteiger partial charge in [-0.3, -0.25) is 19.3 Å². The largest absolute Gasteiger partial charge is 0.489 e. The zero-order chi connectivity index (χ0) is 25.8. The van der Waals surface area contributed by atoms with E-state index in [4.69, 9.17) is 4.74 Å². The lowest BCUT2D eigenvalue weighted by Gasteiger charge is -2.13.